The molecule has 0 aliphatic carbocycles. The number of halogens is 1. The van der Waals surface area contributed by atoms with E-state index in [-0.39, 0.29) is 28.2 Å². The number of hydrogen-bond acceptors (Lipinski definition) is 4. The van der Waals surface area contributed by atoms with Crippen molar-refractivity contribution in [3.8, 4) is 11.5 Å². The lowest BCUT2D eigenvalue weighted by Crippen LogP contribution is -2.23. The zero-order valence-corrected chi connectivity index (χ0v) is 15.7. The van der Waals surface area contributed by atoms with Crippen molar-refractivity contribution in [1.82, 2.24) is 0 Å². The van der Waals surface area contributed by atoms with E-state index in [2.05, 4.69) is 0 Å². The van der Waals surface area contributed by atoms with Crippen molar-refractivity contribution in [3.05, 3.63) is 58.6 Å². The molecule has 0 radical (unpaired) electrons. The largest absolute Gasteiger partial charge is 0.503 e. The highest BCUT2D eigenvalue weighted by atomic mass is 35.5. The van der Waals surface area contributed by atoms with E-state index in [1.54, 1.807) is 54.3 Å². The van der Waals surface area contributed by atoms with E-state index in [1.807, 2.05) is 0 Å². The maximum Gasteiger partial charge on any atom is 0.227 e. The van der Waals surface area contributed by atoms with Crippen LogP contribution in [0.1, 0.15) is 35.7 Å². The Balaban J connectivity index is 1.74. The van der Waals surface area contributed by atoms with Crippen molar-refractivity contribution in [3.63, 3.8) is 0 Å². The third kappa shape index (κ3) is 4.31. The molecule has 1 aliphatic heterocycles. The van der Waals surface area contributed by atoms with Crippen molar-refractivity contribution in [2.45, 2.75) is 19.8 Å². The first kappa shape index (κ1) is 19.0. The second kappa shape index (κ2) is 8.27. The topological polar surface area (TPSA) is 66.8 Å². The molecule has 0 spiro atoms. The molecule has 0 bridgehead atoms. The molecule has 0 atom stereocenters. The number of ether oxygens (including phenoxy) is 1. The van der Waals surface area contributed by atoms with E-state index < -0.39 is 0 Å². The van der Waals surface area contributed by atoms with Crippen molar-refractivity contribution in [2.24, 2.45) is 0 Å². The van der Waals surface area contributed by atoms with Gasteiger partial charge in [0.15, 0.2) is 17.3 Å². The van der Waals surface area contributed by atoms with Crippen LogP contribution < -0.4 is 9.64 Å². The Bertz CT molecular complexity index is 890. The van der Waals surface area contributed by atoms with Gasteiger partial charge in [-0.2, -0.15) is 0 Å². The maximum absolute atomic E-state index is 12.4. The molecular formula is C21H20ClNO4. The number of carbonyl (C=O) groups excluding carboxylic acids is 2. The second-order valence-electron chi connectivity index (χ2n) is 6.18. The summed E-state index contributed by atoms with van der Waals surface area (Å²) in [7, 11) is 0. The number of aromatic hydroxyl groups is 1. The van der Waals surface area contributed by atoms with Crippen LogP contribution in [0, 0.1) is 0 Å². The summed E-state index contributed by atoms with van der Waals surface area (Å²) in [6.07, 6.45) is 4.49. The molecule has 2 aromatic carbocycles. The number of carbonyl (C=O) groups is 2. The van der Waals surface area contributed by atoms with Crippen LogP contribution in [-0.2, 0) is 4.79 Å². The van der Waals surface area contributed by atoms with Gasteiger partial charge in [0.2, 0.25) is 5.91 Å². The lowest BCUT2D eigenvalue weighted by Gasteiger charge is -2.15. The van der Waals surface area contributed by atoms with Crippen molar-refractivity contribution in [2.75, 3.05) is 18.1 Å². The Kier molecular flexibility index (Phi) is 5.81. The summed E-state index contributed by atoms with van der Waals surface area (Å²) >= 11 is 6.00. The molecule has 2 aromatic rings. The number of nitrogens with zero attached hydrogens (tertiary/aromatic N) is 1. The van der Waals surface area contributed by atoms with Gasteiger partial charge in [0.25, 0.3) is 0 Å². The number of rotatable bonds is 6. The number of hydrogen-bond donors (Lipinski definition) is 1. The molecule has 1 N–H and O–H groups in total. The molecule has 5 nitrogen and oxygen atoms in total. The molecule has 0 unspecified atom stereocenters. The highest BCUT2D eigenvalue weighted by Crippen LogP contribution is 2.35. The predicted molar refractivity (Wildman–Crippen MR) is 106 cm³/mol. The summed E-state index contributed by atoms with van der Waals surface area (Å²) in [5, 5.41) is 10.0. The minimum Gasteiger partial charge on any atom is -0.503 e. The van der Waals surface area contributed by atoms with Crippen LogP contribution in [0.5, 0.6) is 11.5 Å². The van der Waals surface area contributed by atoms with E-state index in [0.717, 1.165) is 18.7 Å². The Hall–Kier alpha value is -2.79. The normalized spacial score (nSPS) is 14.1. The summed E-state index contributed by atoms with van der Waals surface area (Å²) in [6.45, 7) is 2.91. The Labute approximate surface area is 162 Å². The van der Waals surface area contributed by atoms with Gasteiger partial charge in [-0.05, 0) is 61.4 Å². The molecule has 1 aliphatic rings. The number of ketones is 1. The molecule has 1 fully saturated rings. The number of phenols is 1. The highest BCUT2D eigenvalue weighted by molar-refractivity contribution is 6.32. The van der Waals surface area contributed by atoms with Crippen molar-refractivity contribution in [1.29, 1.82) is 0 Å². The van der Waals surface area contributed by atoms with Gasteiger partial charge in [-0.3, -0.25) is 9.59 Å². The van der Waals surface area contributed by atoms with Crippen LogP contribution in [0.3, 0.4) is 0 Å². The van der Waals surface area contributed by atoms with Gasteiger partial charge < -0.3 is 14.7 Å². The number of anilines is 1. The van der Waals surface area contributed by atoms with Crippen LogP contribution in [0.4, 0.5) is 5.69 Å². The second-order valence-corrected chi connectivity index (χ2v) is 6.58. The molecule has 1 saturated heterocycles. The summed E-state index contributed by atoms with van der Waals surface area (Å²) in [6, 6.07) is 10.2. The van der Waals surface area contributed by atoms with Gasteiger partial charge in [0, 0.05) is 24.2 Å². The van der Waals surface area contributed by atoms with Crippen LogP contribution in [0.2, 0.25) is 5.02 Å². The minimum absolute atomic E-state index is 0.114. The number of allylic oxidation sites excluding steroid dienone is 1. The van der Waals surface area contributed by atoms with Crippen molar-refractivity contribution < 1.29 is 19.4 Å². The van der Waals surface area contributed by atoms with Crippen LogP contribution in [-0.4, -0.2) is 29.9 Å². The summed E-state index contributed by atoms with van der Waals surface area (Å²) in [5.41, 5.74) is 1.98. The summed E-state index contributed by atoms with van der Waals surface area (Å²) in [4.78, 5) is 25.9. The zero-order chi connectivity index (χ0) is 19.4. The monoisotopic (exact) mass is 385 g/mol. The van der Waals surface area contributed by atoms with Gasteiger partial charge in [-0.25, -0.2) is 0 Å². The van der Waals surface area contributed by atoms with E-state index in [0.29, 0.717) is 24.2 Å². The summed E-state index contributed by atoms with van der Waals surface area (Å²) in [5.74, 6) is 0.102. The lowest BCUT2D eigenvalue weighted by atomic mass is 10.1. The van der Waals surface area contributed by atoms with Gasteiger partial charge in [0.05, 0.1) is 11.6 Å². The number of phenolic OH excluding ortho intramolecular Hbond substituents is 1. The molecule has 0 saturated carbocycles. The highest BCUT2D eigenvalue weighted by Gasteiger charge is 2.21. The fourth-order valence-electron chi connectivity index (χ4n) is 2.95. The minimum atomic E-state index is -0.170. The molecule has 140 valence electrons. The smallest absolute Gasteiger partial charge is 0.227 e. The molecule has 6 heteroatoms. The number of amides is 1. The molecule has 1 amide bonds. The third-order valence-corrected chi connectivity index (χ3v) is 4.60. The number of benzene rings is 2. The zero-order valence-electron chi connectivity index (χ0n) is 14.9. The first-order valence-electron chi connectivity index (χ1n) is 8.77. The van der Waals surface area contributed by atoms with Crippen LogP contribution in [0.15, 0.2) is 42.5 Å². The first-order valence-corrected chi connectivity index (χ1v) is 9.15. The van der Waals surface area contributed by atoms with E-state index in [4.69, 9.17) is 16.3 Å². The molecule has 0 aromatic heterocycles. The van der Waals surface area contributed by atoms with Gasteiger partial charge in [-0.15, -0.1) is 0 Å². The standard InChI is InChI=1S/C21H20ClNO4/c1-2-27-19-13-14(12-17(22)21(19)26)5-10-18(24)15-6-8-16(9-7-15)23-11-3-4-20(23)25/h5-10,12-13,26H,2-4,11H2,1H3/b10-5+. The average molecular weight is 386 g/mol. The van der Waals surface area contributed by atoms with Crippen molar-refractivity contribution >= 4 is 35.1 Å². The van der Waals surface area contributed by atoms with E-state index >= 15 is 0 Å². The van der Waals surface area contributed by atoms with Crippen LogP contribution >= 0.6 is 11.6 Å². The predicted octanol–water partition coefficient (Wildman–Crippen LogP) is 4.47. The Morgan fingerprint density at radius 2 is 2.04 bits per heavy atom. The SMILES string of the molecule is CCOc1cc(/C=C/C(=O)c2ccc(N3CCCC3=O)cc2)cc(Cl)c1O. The molecule has 3 rings (SSSR count). The van der Waals surface area contributed by atoms with E-state index in [1.165, 1.54) is 6.08 Å². The van der Waals surface area contributed by atoms with Gasteiger partial charge in [0.1, 0.15) is 0 Å². The maximum atomic E-state index is 12.4. The van der Waals surface area contributed by atoms with Gasteiger partial charge in [-0.1, -0.05) is 17.7 Å². The first-order chi connectivity index (χ1) is 13.0. The third-order valence-electron chi connectivity index (χ3n) is 4.31. The summed E-state index contributed by atoms with van der Waals surface area (Å²) < 4.78 is 5.33. The van der Waals surface area contributed by atoms with E-state index in [9.17, 15) is 14.7 Å². The fraction of sp³-hybridized carbons (Fsp3) is 0.238. The Morgan fingerprint density at radius 3 is 2.67 bits per heavy atom. The molecule has 27 heavy (non-hydrogen) atoms. The van der Waals surface area contributed by atoms with Crippen LogP contribution in [0.25, 0.3) is 6.08 Å². The fourth-order valence-corrected chi connectivity index (χ4v) is 3.17. The van der Waals surface area contributed by atoms with Gasteiger partial charge >= 0.3 is 0 Å². The average Bonchev–Trinajstić information content (AvgIpc) is 3.10. The quantitative estimate of drug-likeness (QED) is 0.588. The lowest BCUT2D eigenvalue weighted by molar-refractivity contribution is -0.117. The Morgan fingerprint density at radius 1 is 1.30 bits per heavy atom. The molecule has 1 heterocycles. The molecular weight excluding hydrogens is 366 g/mol.